The Morgan fingerprint density at radius 2 is 2.09 bits per heavy atom. The number of carbonyl (C=O) groups excluding carboxylic acids is 1. The van der Waals surface area contributed by atoms with Gasteiger partial charge in [-0.1, -0.05) is 0 Å². The zero-order chi connectivity index (χ0) is 16.9. The first-order chi connectivity index (χ1) is 10.1. The van der Waals surface area contributed by atoms with E-state index < -0.39 is 17.7 Å². The van der Waals surface area contributed by atoms with Crippen molar-refractivity contribution in [3.63, 3.8) is 0 Å². The van der Waals surface area contributed by atoms with Gasteiger partial charge in [0.2, 0.25) is 5.28 Å². The molecule has 9 heteroatoms. The van der Waals surface area contributed by atoms with Crippen LogP contribution >= 0.6 is 11.6 Å². The fraction of sp³-hybridized carbons (Fsp3) is 0.538. The highest BCUT2D eigenvalue weighted by molar-refractivity contribution is 6.28. The van der Waals surface area contributed by atoms with Crippen molar-refractivity contribution in [3.05, 3.63) is 17.0 Å². The Labute approximate surface area is 132 Å². The van der Waals surface area contributed by atoms with Gasteiger partial charge in [0.1, 0.15) is 11.4 Å². The predicted molar refractivity (Wildman–Crippen MR) is 80.1 cm³/mol. The van der Waals surface area contributed by atoms with Gasteiger partial charge < -0.3 is 15.3 Å². The van der Waals surface area contributed by atoms with E-state index in [-0.39, 0.29) is 23.2 Å². The molecule has 1 aromatic heterocycles. The Balaban J connectivity index is 2.63. The molecule has 122 valence electrons. The summed E-state index contributed by atoms with van der Waals surface area (Å²) >= 11 is 5.60. The summed E-state index contributed by atoms with van der Waals surface area (Å²) in [6, 6.07) is -1.67. The zero-order valence-corrected chi connectivity index (χ0v) is 13.3. The summed E-state index contributed by atoms with van der Waals surface area (Å²) in [5.74, 6) is -0.00914. The Morgan fingerprint density at radius 3 is 2.59 bits per heavy atom. The lowest BCUT2D eigenvalue weighted by molar-refractivity contribution is 0.0835. The molecule has 0 atom stereocenters. The summed E-state index contributed by atoms with van der Waals surface area (Å²) < 4.78 is 12.8. The van der Waals surface area contributed by atoms with Crippen LogP contribution in [0.5, 0.6) is 0 Å². The topological polar surface area (TPSA) is 95.4 Å². The number of anilines is 1. The standard InChI is InChI=1S/C13H18ClFN4O3/c1-13(2,3)19(12(21)22)6-4-5-16-10-8(9(15)20)7-17-11(14)18-10/h7H,4-6H2,1-3H3,(H,21,22)(H,16,17,18). The van der Waals surface area contributed by atoms with Crippen LogP contribution in [0.25, 0.3) is 0 Å². The van der Waals surface area contributed by atoms with Crippen molar-refractivity contribution in [2.24, 2.45) is 0 Å². The maximum absolute atomic E-state index is 12.8. The fourth-order valence-corrected chi connectivity index (χ4v) is 1.93. The van der Waals surface area contributed by atoms with E-state index in [9.17, 15) is 14.0 Å². The van der Waals surface area contributed by atoms with E-state index >= 15 is 0 Å². The van der Waals surface area contributed by atoms with Crippen LogP contribution in [0.2, 0.25) is 5.28 Å². The monoisotopic (exact) mass is 332 g/mol. The molecule has 1 rings (SSSR count). The molecular weight excluding hydrogens is 315 g/mol. The van der Waals surface area contributed by atoms with Crippen molar-refractivity contribution in [2.75, 3.05) is 18.4 Å². The molecule has 1 heterocycles. The summed E-state index contributed by atoms with van der Waals surface area (Å²) in [7, 11) is 0. The molecule has 2 N–H and O–H groups in total. The molecule has 0 radical (unpaired) electrons. The first kappa shape index (κ1) is 18.1. The molecule has 0 bridgehead atoms. The molecule has 0 fully saturated rings. The van der Waals surface area contributed by atoms with Crippen molar-refractivity contribution >= 4 is 29.5 Å². The molecule has 1 amide bonds. The van der Waals surface area contributed by atoms with Gasteiger partial charge in [0.15, 0.2) is 0 Å². The second-order valence-corrected chi connectivity index (χ2v) is 5.90. The Kier molecular flexibility index (Phi) is 6.04. The number of rotatable bonds is 6. The lowest BCUT2D eigenvalue weighted by Crippen LogP contribution is -2.45. The minimum absolute atomic E-state index is 0.00914. The number of carboxylic acid groups (broad SMARTS) is 1. The first-order valence-corrected chi connectivity index (χ1v) is 6.97. The third-order valence-corrected chi connectivity index (χ3v) is 3.04. The number of hydrogen-bond acceptors (Lipinski definition) is 5. The van der Waals surface area contributed by atoms with Gasteiger partial charge in [-0.15, -0.1) is 0 Å². The minimum Gasteiger partial charge on any atom is -0.465 e. The number of nitrogens with one attached hydrogen (secondary N) is 1. The molecule has 0 aromatic carbocycles. The van der Waals surface area contributed by atoms with E-state index in [0.29, 0.717) is 13.0 Å². The van der Waals surface area contributed by atoms with E-state index in [4.69, 9.17) is 16.7 Å². The summed E-state index contributed by atoms with van der Waals surface area (Å²) in [5, 5.41) is 11.8. The molecule has 0 aliphatic rings. The van der Waals surface area contributed by atoms with Gasteiger partial charge in [0.25, 0.3) is 0 Å². The van der Waals surface area contributed by atoms with E-state index in [1.54, 1.807) is 20.8 Å². The Bertz CT molecular complexity index is 563. The summed E-state index contributed by atoms with van der Waals surface area (Å²) in [6.07, 6.45) is 0.432. The van der Waals surface area contributed by atoms with Gasteiger partial charge in [-0.2, -0.15) is 9.37 Å². The van der Waals surface area contributed by atoms with Crippen molar-refractivity contribution in [1.82, 2.24) is 14.9 Å². The summed E-state index contributed by atoms with van der Waals surface area (Å²) in [4.78, 5) is 30.6. The number of amides is 1. The molecule has 0 aliphatic carbocycles. The number of hydrogen-bond donors (Lipinski definition) is 2. The van der Waals surface area contributed by atoms with Crippen LogP contribution < -0.4 is 5.32 Å². The molecule has 7 nitrogen and oxygen atoms in total. The highest BCUT2D eigenvalue weighted by Crippen LogP contribution is 2.16. The third kappa shape index (κ3) is 5.10. The van der Waals surface area contributed by atoms with Crippen LogP contribution in [0.4, 0.5) is 15.0 Å². The van der Waals surface area contributed by atoms with Gasteiger partial charge in [-0.05, 0) is 38.8 Å². The summed E-state index contributed by atoms with van der Waals surface area (Å²) in [6.45, 7) is 5.95. The zero-order valence-electron chi connectivity index (χ0n) is 12.6. The molecule has 22 heavy (non-hydrogen) atoms. The molecular formula is C13H18ClFN4O3. The van der Waals surface area contributed by atoms with Gasteiger partial charge in [-0.3, -0.25) is 4.79 Å². The van der Waals surface area contributed by atoms with Crippen LogP contribution in [0.3, 0.4) is 0 Å². The second-order valence-electron chi connectivity index (χ2n) is 5.56. The van der Waals surface area contributed by atoms with E-state index in [1.165, 1.54) is 4.90 Å². The summed E-state index contributed by atoms with van der Waals surface area (Å²) in [5.41, 5.74) is -0.834. The molecule has 0 aliphatic heterocycles. The van der Waals surface area contributed by atoms with Crippen LogP contribution in [0, 0.1) is 0 Å². The Morgan fingerprint density at radius 1 is 1.45 bits per heavy atom. The number of halogens is 2. The smallest absolute Gasteiger partial charge is 0.407 e. The maximum Gasteiger partial charge on any atom is 0.407 e. The molecule has 0 saturated heterocycles. The SMILES string of the molecule is CC(C)(C)N(CCCNc1nc(Cl)ncc1C(=O)F)C(=O)O. The van der Waals surface area contributed by atoms with Gasteiger partial charge >= 0.3 is 12.1 Å². The van der Waals surface area contributed by atoms with Crippen molar-refractivity contribution in [2.45, 2.75) is 32.7 Å². The van der Waals surface area contributed by atoms with Crippen molar-refractivity contribution in [3.8, 4) is 0 Å². The van der Waals surface area contributed by atoms with Crippen molar-refractivity contribution in [1.29, 1.82) is 0 Å². The van der Waals surface area contributed by atoms with Crippen LogP contribution in [-0.2, 0) is 0 Å². The largest absolute Gasteiger partial charge is 0.465 e. The normalized spacial score (nSPS) is 11.1. The van der Waals surface area contributed by atoms with E-state index in [1.807, 2.05) is 0 Å². The van der Waals surface area contributed by atoms with E-state index in [2.05, 4.69) is 15.3 Å². The number of carbonyl (C=O) groups is 2. The highest BCUT2D eigenvalue weighted by Gasteiger charge is 2.25. The van der Waals surface area contributed by atoms with Gasteiger partial charge in [-0.25, -0.2) is 9.78 Å². The molecule has 0 spiro atoms. The van der Waals surface area contributed by atoms with Crippen molar-refractivity contribution < 1.29 is 19.1 Å². The maximum atomic E-state index is 12.8. The molecule has 0 unspecified atom stereocenters. The quantitative estimate of drug-likeness (QED) is 0.472. The average molecular weight is 333 g/mol. The fourth-order valence-electron chi connectivity index (χ4n) is 1.80. The highest BCUT2D eigenvalue weighted by atomic mass is 35.5. The molecule has 1 aromatic rings. The number of aromatic nitrogens is 2. The average Bonchev–Trinajstić information content (AvgIpc) is 2.36. The minimum atomic E-state index is -1.67. The molecule has 0 saturated carbocycles. The second kappa shape index (κ2) is 7.35. The first-order valence-electron chi connectivity index (χ1n) is 6.59. The van der Waals surface area contributed by atoms with E-state index in [0.717, 1.165) is 6.20 Å². The Hall–Kier alpha value is -1.96. The third-order valence-electron chi connectivity index (χ3n) is 2.86. The van der Waals surface area contributed by atoms with Gasteiger partial charge in [0, 0.05) is 24.8 Å². The van der Waals surface area contributed by atoms with Crippen LogP contribution in [0.15, 0.2) is 6.20 Å². The van der Waals surface area contributed by atoms with Crippen LogP contribution in [0.1, 0.15) is 37.6 Å². The van der Waals surface area contributed by atoms with Gasteiger partial charge in [0.05, 0.1) is 0 Å². The lowest BCUT2D eigenvalue weighted by atomic mass is 10.1. The number of nitrogens with zero attached hydrogens (tertiary/aromatic N) is 3. The van der Waals surface area contributed by atoms with Crippen LogP contribution in [-0.4, -0.2) is 50.7 Å². The predicted octanol–water partition coefficient (Wildman–Crippen LogP) is 2.82. The lowest BCUT2D eigenvalue weighted by Gasteiger charge is -2.33.